The molecule has 1 N–H and O–H groups in total. The van der Waals surface area contributed by atoms with Gasteiger partial charge in [0.1, 0.15) is 0 Å². The van der Waals surface area contributed by atoms with Crippen LogP contribution in [0.3, 0.4) is 0 Å². The summed E-state index contributed by atoms with van der Waals surface area (Å²) < 4.78 is 27.5. The largest absolute Gasteiger partial charge is 0.350 e. The van der Waals surface area contributed by atoms with Crippen molar-refractivity contribution in [2.75, 3.05) is 32.7 Å². The molecule has 27 heavy (non-hydrogen) atoms. The number of carbonyl (C=O) groups excluding carboxylic acids is 1. The smallest absolute Gasteiger partial charge is 0.243 e. The number of sulfonamides is 1. The summed E-state index contributed by atoms with van der Waals surface area (Å²) in [5.74, 6) is 0.533. The van der Waals surface area contributed by atoms with E-state index in [9.17, 15) is 13.2 Å². The number of fused-ring (bicyclic) bond motifs is 2. The molecule has 1 amide bonds. The van der Waals surface area contributed by atoms with Gasteiger partial charge in [0.25, 0.3) is 0 Å². The van der Waals surface area contributed by atoms with Gasteiger partial charge in [0.2, 0.25) is 15.9 Å². The first-order valence-electron chi connectivity index (χ1n) is 9.97. The number of aryl methyl sites for hydroxylation is 1. The Labute approximate surface area is 162 Å². The molecule has 0 radical (unpaired) electrons. The van der Waals surface area contributed by atoms with Crippen molar-refractivity contribution in [2.45, 2.75) is 43.5 Å². The fraction of sp³-hybridized carbons (Fsp3) is 0.650. The first kappa shape index (κ1) is 18.9. The van der Waals surface area contributed by atoms with Gasteiger partial charge in [-0.1, -0.05) is 24.6 Å². The van der Waals surface area contributed by atoms with Crippen molar-refractivity contribution in [3.8, 4) is 0 Å². The Kier molecular flexibility index (Phi) is 4.81. The summed E-state index contributed by atoms with van der Waals surface area (Å²) in [5.41, 5.74) is 0.813. The maximum atomic E-state index is 13.0. The molecule has 2 atom stereocenters. The Bertz CT molecular complexity index is 813. The molecule has 0 bridgehead atoms. The van der Waals surface area contributed by atoms with Crippen molar-refractivity contribution < 1.29 is 13.2 Å². The lowest BCUT2D eigenvalue weighted by Gasteiger charge is -2.42. The van der Waals surface area contributed by atoms with Gasteiger partial charge in [0.05, 0.1) is 10.8 Å². The summed E-state index contributed by atoms with van der Waals surface area (Å²) in [6, 6.07) is 7.03. The third-order valence-corrected chi connectivity index (χ3v) is 8.54. The summed E-state index contributed by atoms with van der Waals surface area (Å²) in [6.45, 7) is 7.87. The minimum atomic E-state index is -3.47. The summed E-state index contributed by atoms with van der Waals surface area (Å²) in [6.07, 6.45) is 2.49. The van der Waals surface area contributed by atoms with Crippen LogP contribution in [-0.4, -0.2) is 61.8 Å². The van der Waals surface area contributed by atoms with Gasteiger partial charge in [0.15, 0.2) is 0 Å². The van der Waals surface area contributed by atoms with Crippen LogP contribution in [0.15, 0.2) is 29.2 Å². The van der Waals surface area contributed by atoms with Gasteiger partial charge in [-0.2, -0.15) is 4.31 Å². The molecular weight excluding hydrogens is 362 g/mol. The van der Waals surface area contributed by atoms with Crippen molar-refractivity contribution in [3.05, 3.63) is 29.8 Å². The molecule has 3 aliphatic heterocycles. The molecule has 0 saturated carbocycles. The third kappa shape index (κ3) is 3.19. The first-order chi connectivity index (χ1) is 12.9. The number of piperidine rings is 1. The van der Waals surface area contributed by atoms with Gasteiger partial charge < -0.3 is 10.2 Å². The topological polar surface area (TPSA) is 69.7 Å². The number of benzene rings is 1. The van der Waals surface area contributed by atoms with E-state index in [1.54, 1.807) is 16.4 Å². The van der Waals surface area contributed by atoms with Gasteiger partial charge in [-0.25, -0.2) is 8.42 Å². The summed E-state index contributed by atoms with van der Waals surface area (Å²) in [7, 11) is -3.47. The minimum Gasteiger partial charge on any atom is -0.350 e. The number of nitrogens with one attached hydrogen (secondary N) is 1. The lowest BCUT2D eigenvalue weighted by atomic mass is 9.76. The predicted molar refractivity (Wildman–Crippen MR) is 104 cm³/mol. The van der Waals surface area contributed by atoms with E-state index in [0.29, 0.717) is 36.7 Å². The maximum Gasteiger partial charge on any atom is 0.243 e. The van der Waals surface area contributed by atoms with Crippen LogP contribution in [-0.2, 0) is 14.8 Å². The van der Waals surface area contributed by atoms with E-state index >= 15 is 0 Å². The van der Waals surface area contributed by atoms with E-state index in [-0.39, 0.29) is 17.4 Å². The highest BCUT2D eigenvalue weighted by molar-refractivity contribution is 7.89. The Morgan fingerprint density at radius 1 is 1.15 bits per heavy atom. The quantitative estimate of drug-likeness (QED) is 0.847. The number of likely N-dealkylation sites (tertiary alicyclic amines) is 1. The van der Waals surface area contributed by atoms with Crippen LogP contribution >= 0.6 is 0 Å². The summed E-state index contributed by atoms with van der Waals surface area (Å²) >= 11 is 0. The molecular formula is C20H29N3O3S. The second kappa shape index (κ2) is 6.87. The molecule has 1 aromatic rings. The van der Waals surface area contributed by atoms with Crippen molar-refractivity contribution in [1.29, 1.82) is 0 Å². The van der Waals surface area contributed by atoms with Crippen molar-refractivity contribution >= 4 is 15.9 Å². The molecule has 3 heterocycles. The fourth-order valence-corrected chi connectivity index (χ4v) is 6.56. The number of carbonyl (C=O) groups is 1. The second-order valence-corrected chi connectivity index (χ2v) is 10.3. The van der Waals surface area contributed by atoms with E-state index in [4.69, 9.17) is 0 Å². The molecule has 4 rings (SSSR count). The molecule has 0 aliphatic carbocycles. The van der Waals surface area contributed by atoms with Crippen molar-refractivity contribution in [1.82, 2.24) is 14.5 Å². The van der Waals surface area contributed by atoms with Crippen molar-refractivity contribution in [2.24, 2.45) is 11.8 Å². The molecule has 1 aromatic carbocycles. The Hall–Kier alpha value is -1.44. The lowest BCUT2D eigenvalue weighted by Crippen LogP contribution is -2.56. The molecule has 3 aliphatic rings. The molecule has 1 spiro atoms. The highest BCUT2D eigenvalue weighted by Gasteiger charge is 2.57. The van der Waals surface area contributed by atoms with E-state index in [2.05, 4.69) is 17.1 Å². The minimum absolute atomic E-state index is 0.0665. The second-order valence-electron chi connectivity index (χ2n) is 8.34. The Balaban J connectivity index is 1.48. The highest BCUT2D eigenvalue weighted by atomic mass is 32.2. The Morgan fingerprint density at radius 2 is 1.81 bits per heavy atom. The number of rotatable bonds is 4. The summed E-state index contributed by atoms with van der Waals surface area (Å²) in [5, 5.41) is 3.27. The van der Waals surface area contributed by atoms with E-state index in [0.717, 1.165) is 31.6 Å². The molecule has 148 valence electrons. The number of hydrogen-bond acceptors (Lipinski definition) is 4. The zero-order chi connectivity index (χ0) is 19.2. The van der Waals surface area contributed by atoms with Crippen LogP contribution in [0.5, 0.6) is 0 Å². The lowest BCUT2D eigenvalue weighted by molar-refractivity contribution is -0.123. The van der Waals surface area contributed by atoms with Crippen LogP contribution in [0.2, 0.25) is 0 Å². The molecule has 3 saturated heterocycles. The Morgan fingerprint density at radius 3 is 2.44 bits per heavy atom. The number of hydrogen-bond donors (Lipinski definition) is 1. The van der Waals surface area contributed by atoms with Gasteiger partial charge >= 0.3 is 0 Å². The monoisotopic (exact) mass is 391 g/mol. The molecule has 0 aromatic heterocycles. The van der Waals surface area contributed by atoms with Gasteiger partial charge in [-0.15, -0.1) is 0 Å². The van der Waals surface area contributed by atoms with Gasteiger partial charge in [-0.3, -0.25) is 4.79 Å². The average molecular weight is 392 g/mol. The molecule has 6 nitrogen and oxygen atoms in total. The molecule has 7 heteroatoms. The van der Waals surface area contributed by atoms with Crippen LogP contribution in [0.1, 0.15) is 31.7 Å². The zero-order valence-corrected chi connectivity index (χ0v) is 17.0. The van der Waals surface area contributed by atoms with E-state index in [1.165, 1.54) is 0 Å². The van der Waals surface area contributed by atoms with Crippen LogP contribution in [0, 0.1) is 18.8 Å². The molecule has 3 fully saturated rings. The first-order valence-corrected chi connectivity index (χ1v) is 11.4. The third-order valence-electron chi connectivity index (χ3n) is 6.63. The van der Waals surface area contributed by atoms with Crippen LogP contribution < -0.4 is 5.32 Å². The van der Waals surface area contributed by atoms with E-state index in [1.807, 2.05) is 19.1 Å². The number of nitrogens with zero attached hydrogens (tertiary/aromatic N) is 2. The molecule has 0 unspecified atom stereocenters. The number of amides is 1. The van der Waals surface area contributed by atoms with Crippen LogP contribution in [0.25, 0.3) is 0 Å². The summed E-state index contributed by atoms with van der Waals surface area (Å²) in [4.78, 5) is 15.3. The average Bonchev–Trinajstić information content (AvgIpc) is 3.16. The highest BCUT2D eigenvalue weighted by Crippen LogP contribution is 2.44. The van der Waals surface area contributed by atoms with Gasteiger partial charge in [-0.05, 0) is 44.9 Å². The standard InChI is InChI=1S/C20H29N3O3S/c1-3-10-22-13-17-18(14-22)20(21-19(17)24)8-11-23(12-9-20)27(25,26)16-6-4-15(2)5-7-16/h4-7,17-18H,3,8-14H2,1-2H3,(H,21,24)/t17-,18+/m1/s1. The SMILES string of the molecule is CCCN1C[C@H]2C(=O)NC3(CCN(S(=O)(=O)c4ccc(C)cc4)CC3)[C@H]2C1. The zero-order valence-electron chi connectivity index (χ0n) is 16.1. The van der Waals surface area contributed by atoms with Crippen LogP contribution in [0.4, 0.5) is 0 Å². The maximum absolute atomic E-state index is 13.0. The van der Waals surface area contributed by atoms with Crippen molar-refractivity contribution in [3.63, 3.8) is 0 Å². The predicted octanol–water partition coefficient (Wildman–Crippen LogP) is 1.61. The van der Waals surface area contributed by atoms with E-state index < -0.39 is 10.0 Å². The van der Waals surface area contributed by atoms with Gasteiger partial charge in [0, 0.05) is 37.6 Å². The normalized spacial score (nSPS) is 28.4. The fourth-order valence-electron chi connectivity index (χ4n) is 5.12.